The average Bonchev–Trinajstić information content (AvgIpc) is 2.26. The molecule has 0 atom stereocenters. The van der Waals surface area contributed by atoms with Crippen molar-refractivity contribution in [3.05, 3.63) is 40.4 Å². The normalized spacial score (nSPS) is 10.0. The molecule has 0 aliphatic heterocycles. The maximum absolute atomic E-state index is 11.7. The molecule has 0 aromatic heterocycles. The molecular formula is C13H15ClO2. The van der Waals surface area contributed by atoms with Crippen LogP contribution in [0.3, 0.4) is 0 Å². The molecule has 0 saturated carbocycles. The van der Waals surface area contributed by atoms with E-state index in [-0.39, 0.29) is 5.78 Å². The Kier molecular flexibility index (Phi) is 4.13. The molecule has 0 saturated heterocycles. The summed E-state index contributed by atoms with van der Waals surface area (Å²) < 4.78 is 5.45. The van der Waals surface area contributed by atoms with Crippen molar-refractivity contribution in [2.75, 3.05) is 6.61 Å². The van der Waals surface area contributed by atoms with Crippen molar-refractivity contribution in [2.45, 2.75) is 20.8 Å². The molecule has 0 heterocycles. The van der Waals surface area contributed by atoms with Gasteiger partial charge in [0.15, 0.2) is 5.78 Å². The average molecular weight is 239 g/mol. The van der Waals surface area contributed by atoms with Gasteiger partial charge in [0.05, 0.1) is 12.2 Å². The lowest BCUT2D eigenvalue weighted by atomic mass is 10.0. The summed E-state index contributed by atoms with van der Waals surface area (Å²) in [5.74, 6) is 0.412. The summed E-state index contributed by atoms with van der Waals surface area (Å²) in [6, 6.07) is 1.79. The largest absolute Gasteiger partial charge is 0.493 e. The Morgan fingerprint density at radius 2 is 2.19 bits per heavy atom. The molecule has 0 amide bonds. The van der Waals surface area contributed by atoms with Crippen LogP contribution in [0.1, 0.15) is 28.4 Å². The molecule has 1 rings (SSSR count). The van der Waals surface area contributed by atoms with Crippen LogP contribution in [0.25, 0.3) is 0 Å². The number of ether oxygens (including phenoxy) is 1. The fraction of sp³-hybridized carbons (Fsp3) is 0.308. The van der Waals surface area contributed by atoms with E-state index in [2.05, 4.69) is 6.58 Å². The minimum Gasteiger partial charge on any atom is -0.493 e. The van der Waals surface area contributed by atoms with Gasteiger partial charge in [0.1, 0.15) is 5.75 Å². The first-order valence-electron chi connectivity index (χ1n) is 5.12. The number of carbonyl (C=O) groups is 1. The second-order valence-corrected chi connectivity index (χ2v) is 3.88. The number of benzene rings is 1. The highest BCUT2D eigenvalue weighted by Gasteiger charge is 2.17. The van der Waals surface area contributed by atoms with Crippen LogP contribution in [0.2, 0.25) is 5.02 Å². The molecule has 0 N–H and O–H groups in total. The van der Waals surface area contributed by atoms with Crippen LogP contribution in [-0.4, -0.2) is 12.4 Å². The second-order valence-electron chi connectivity index (χ2n) is 3.51. The van der Waals surface area contributed by atoms with Gasteiger partial charge >= 0.3 is 0 Å². The van der Waals surface area contributed by atoms with Gasteiger partial charge in [-0.15, -0.1) is 0 Å². The molecule has 0 aliphatic rings. The molecule has 0 spiro atoms. The standard InChI is InChI=1S/C13H15ClO2/c1-5-10(15)12-9(4)13(14)8(3)7-11(12)16-6-2/h5,7H,1,6H2,2-4H3. The first-order valence-corrected chi connectivity index (χ1v) is 5.50. The number of hydrogen-bond acceptors (Lipinski definition) is 2. The van der Waals surface area contributed by atoms with Gasteiger partial charge in [-0.1, -0.05) is 18.2 Å². The van der Waals surface area contributed by atoms with Gasteiger partial charge in [-0.25, -0.2) is 0 Å². The zero-order chi connectivity index (χ0) is 12.3. The third kappa shape index (κ3) is 2.27. The van der Waals surface area contributed by atoms with Crippen LogP contribution in [-0.2, 0) is 0 Å². The van der Waals surface area contributed by atoms with E-state index in [4.69, 9.17) is 16.3 Å². The summed E-state index contributed by atoms with van der Waals surface area (Å²) >= 11 is 6.11. The number of ketones is 1. The van der Waals surface area contributed by atoms with Crippen LogP contribution >= 0.6 is 11.6 Å². The highest BCUT2D eigenvalue weighted by Crippen LogP contribution is 2.32. The van der Waals surface area contributed by atoms with E-state index < -0.39 is 0 Å². The molecular weight excluding hydrogens is 224 g/mol. The van der Waals surface area contributed by atoms with Crippen LogP contribution in [0.15, 0.2) is 18.7 Å². The Morgan fingerprint density at radius 1 is 1.56 bits per heavy atom. The minimum atomic E-state index is -0.164. The van der Waals surface area contributed by atoms with E-state index in [0.29, 0.717) is 22.9 Å². The zero-order valence-electron chi connectivity index (χ0n) is 9.76. The number of carbonyl (C=O) groups excluding carboxylic acids is 1. The summed E-state index contributed by atoms with van der Waals surface area (Å²) in [5.41, 5.74) is 2.16. The number of allylic oxidation sites excluding steroid dienone is 1. The molecule has 0 fully saturated rings. The van der Waals surface area contributed by atoms with Crippen LogP contribution < -0.4 is 4.74 Å². The summed E-state index contributed by atoms with van der Waals surface area (Å²) in [5, 5.41) is 0.605. The van der Waals surface area contributed by atoms with Crippen molar-refractivity contribution < 1.29 is 9.53 Å². The van der Waals surface area contributed by atoms with Crippen molar-refractivity contribution in [3.8, 4) is 5.75 Å². The Balaban J connectivity index is 3.47. The van der Waals surface area contributed by atoms with Gasteiger partial charge < -0.3 is 4.74 Å². The smallest absolute Gasteiger partial charge is 0.189 e. The van der Waals surface area contributed by atoms with Crippen molar-refractivity contribution >= 4 is 17.4 Å². The van der Waals surface area contributed by atoms with E-state index in [1.807, 2.05) is 20.8 Å². The summed E-state index contributed by atoms with van der Waals surface area (Å²) in [6.45, 7) is 9.57. The highest BCUT2D eigenvalue weighted by atomic mass is 35.5. The highest BCUT2D eigenvalue weighted by molar-refractivity contribution is 6.33. The first kappa shape index (κ1) is 12.8. The molecule has 16 heavy (non-hydrogen) atoms. The quantitative estimate of drug-likeness (QED) is 0.590. The molecule has 3 heteroatoms. The molecule has 86 valence electrons. The van der Waals surface area contributed by atoms with Crippen molar-refractivity contribution in [2.24, 2.45) is 0 Å². The van der Waals surface area contributed by atoms with Crippen LogP contribution in [0.4, 0.5) is 0 Å². The Bertz CT molecular complexity index is 436. The van der Waals surface area contributed by atoms with Gasteiger partial charge in [-0.05, 0) is 44.0 Å². The van der Waals surface area contributed by atoms with E-state index >= 15 is 0 Å². The van der Waals surface area contributed by atoms with E-state index in [9.17, 15) is 4.79 Å². The Morgan fingerprint density at radius 3 is 2.69 bits per heavy atom. The molecule has 1 aromatic carbocycles. The Hall–Kier alpha value is -1.28. The fourth-order valence-corrected chi connectivity index (χ4v) is 1.75. The topological polar surface area (TPSA) is 26.3 Å². The predicted molar refractivity (Wildman–Crippen MR) is 66.6 cm³/mol. The van der Waals surface area contributed by atoms with Crippen LogP contribution in [0, 0.1) is 13.8 Å². The van der Waals surface area contributed by atoms with Gasteiger partial charge in [0, 0.05) is 5.02 Å². The lowest BCUT2D eigenvalue weighted by Crippen LogP contribution is -2.05. The SMILES string of the molecule is C=CC(=O)c1c(OCC)cc(C)c(Cl)c1C. The van der Waals surface area contributed by atoms with Gasteiger partial charge in [0.25, 0.3) is 0 Å². The summed E-state index contributed by atoms with van der Waals surface area (Å²) in [7, 11) is 0. The molecule has 0 unspecified atom stereocenters. The molecule has 2 nitrogen and oxygen atoms in total. The van der Waals surface area contributed by atoms with Gasteiger partial charge in [-0.2, -0.15) is 0 Å². The third-order valence-electron chi connectivity index (χ3n) is 2.38. The number of halogens is 1. The van der Waals surface area contributed by atoms with Gasteiger partial charge in [-0.3, -0.25) is 4.79 Å². The maximum atomic E-state index is 11.7. The second kappa shape index (κ2) is 5.17. The zero-order valence-corrected chi connectivity index (χ0v) is 10.5. The van der Waals surface area contributed by atoms with Crippen molar-refractivity contribution in [1.82, 2.24) is 0 Å². The minimum absolute atomic E-state index is 0.164. The van der Waals surface area contributed by atoms with Crippen molar-refractivity contribution in [3.63, 3.8) is 0 Å². The predicted octanol–water partition coefficient (Wildman–Crippen LogP) is 3.72. The fourth-order valence-electron chi connectivity index (χ4n) is 1.60. The van der Waals surface area contributed by atoms with E-state index in [1.165, 1.54) is 6.08 Å². The maximum Gasteiger partial charge on any atom is 0.189 e. The Labute approximate surface area is 101 Å². The lowest BCUT2D eigenvalue weighted by molar-refractivity contribution is 0.104. The molecule has 0 radical (unpaired) electrons. The summed E-state index contributed by atoms with van der Waals surface area (Å²) in [6.07, 6.45) is 1.27. The molecule has 0 bridgehead atoms. The monoisotopic (exact) mass is 238 g/mol. The van der Waals surface area contributed by atoms with Crippen LogP contribution in [0.5, 0.6) is 5.75 Å². The molecule has 0 aliphatic carbocycles. The van der Waals surface area contributed by atoms with Crippen molar-refractivity contribution in [1.29, 1.82) is 0 Å². The summed E-state index contributed by atoms with van der Waals surface area (Å²) in [4.78, 5) is 11.7. The lowest BCUT2D eigenvalue weighted by Gasteiger charge is -2.14. The third-order valence-corrected chi connectivity index (χ3v) is 2.96. The van der Waals surface area contributed by atoms with E-state index in [1.54, 1.807) is 6.07 Å². The first-order chi connectivity index (χ1) is 7.52. The number of aryl methyl sites for hydroxylation is 1. The van der Waals surface area contributed by atoms with Gasteiger partial charge in [0.2, 0.25) is 0 Å². The number of hydrogen-bond donors (Lipinski definition) is 0. The van der Waals surface area contributed by atoms with E-state index in [0.717, 1.165) is 11.1 Å². The molecule has 1 aromatic rings. The number of rotatable bonds is 4.